The number of likely N-dealkylation sites (tertiary alicyclic amines) is 2. The Bertz CT molecular complexity index is 638. The Morgan fingerprint density at radius 1 is 1.08 bits per heavy atom. The van der Waals surface area contributed by atoms with Crippen molar-refractivity contribution in [1.82, 2.24) is 9.80 Å². The summed E-state index contributed by atoms with van der Waals surface area (Å²) in [5, 5.41) is 0. The van der Waals surface area contributed by atoms with Crippen molar-refractivity contribution in [3.8, 4) is 0 Å². The van der Waals surface area contributed by atoms with Crippen molar-refractivity contribution >= 4 is 11.8 Å². The second-order valence-electron chi connectivity index (χ2n) is 7.07. The summed E-state index contributed by atoms with van der Waals surface area (Å²) in [6.45, 7) is 7.40. The number of hydrogen-bond donors (Lipinski definition) is 0. The number of carbonyl (C=O) groups is 2. The minimum Gasteiger partial charge on any atom is -0.336 e. The van der Waals surface area contributed by atoms with Crippen LogP contribution < -0.4 is 0 Å². The molecule has 2 aliphatic heterocycles. The second-order valence-corrected chi connectivity index (χ2v) is 7.07. The summed E-state index contributed by atoms with van der Waals surface area (Å²) in [6.07, 6.45) is 7.81. The molecule has 4 nitrogen and oxygen atoms in total. The molecule has 1 aromatic carbocycles. The van der Waals surface area contributed by atoms with Gasteiger partial charge in [0.2, 0.25) is 5.91 Å². The molecule has 0 saturated carbocycles. The molecule has 2 unspecified atom stereocenters. The highest BCUT2D eigenvalue weighted by atomic mass is 16.2. The van der Waals surface area contributed by atoms with Gasteiger partial charge in [0.15, 0.2) is 0 Å². The molecule has 2 amide bonds. The third-order valence-corrected chi connectivity index (χ3v) is 5.61. The van der Waals surface area contributed by atoms with Crippen LogP contribution in [0.4, 0.5) is 0 Å². The number of hydrogen-bond acceptors (Lipinski definition) is 2. The van der Waals surface area contributed by atoms with Gasteiger partial charge in [0, 0.05) is 24.7 Å². The van der Waals surface area contributed by atoms with Gasteiger partial charge in [-0.25, -0.2) is 0 Å². The lowest BCUT2D eigenvalue weighted by atomic mass is 9.98. The number of amides is 2. The molecule has 2 atom stereocenters. The van der Waals surface area contributed by atoms with Crippen molar-refractivity contribution in [2.24, 2.45) is 0 Å². The van der Waals surface area contributed by atoms with Crippen LogP contribution >= 0.6 is 0 Å². The average molecular weight is 340 g/mol. The molecule has 2 saturated heterocycles. The summed E-state index contributed by atoms with van der Waals surface area (Å²) in [6, 6.07) is 8.35. The summed E-state index contributed by atoms with van der Waals surface area (Å²) >= 11 is 0. The van der Waals surface area contributed by atoms with Crippen LogP contribution in [-0.4, -0.2) is 40.7 Å². The molecule has 3 rings (SSSR count). The van der Waals surface area contributed by atoms with Crippen LogP contribution in [0.15, 0.2) is 36.9 Å². The largest absolute Gasteiger partial charge is 0.336 e. The molecule has 4 heteroatoms. The molecule has 0 bridgehead atoms. The second kappa shape index (κ2) is 7.85. The summed E-state index contributed by atoms with van der Waals surface area (Å²) in [5.41, 5.74) is 1.86. The van der Waals surface area contributed by atoms with E-state index in [1.165, 1.54) is 12.5 Å². The monoisotopic (exact) mass is 340 g/mol. The highest BCUT2D eigenvalue weighted by Crippen LogP contribution is 2.32. The van der Waals surface area contributed by atoms with Gasteiger partial charge in [0.05, 0.1) is 6.04 Å². The molecular formula is C21H28N2O2. The topological polar surface area (TPSA) is 40.6 Å². The van der Waals surface area contributed by atoms with E-state index in [-0.39, 0.29) is 17.9 Å². The zero-order valence-electron chi connectivity index (χ0n) is 15.1. The molecule has 0 spiro atoms. The van der Waals surface area contributed by atoms with E-state index in [9.17, 15) is 9.59 Å². The first kappa shape index (κ1) is 17.7. The highest BCUT2D eigenvalue weighted by Gasteiger charge is 2.29. The van der Waals surface area contributed by atoms with Crippen molar-refractivity contribution in [2.75, 3.05) is 13.1 Å². The first-order valence-electron chi connectivity index (χ1n) is 9.49. The Kier molecular flexibility index (Phi) is 5.57. The van der Waals surface area contributed by atoms with Gasteiger partial charge in [-0.05, 0) is 62.3 Å². The van der Waals surface area contributed by atoms with E-state index in [1.54, 1.807) is 0 Å². The van der Waals surface area contributed by atoms with Gasteiger partial charge in [-0.3, -0.25) is 9.59 Å². The summed E-state index contributed by atoms with van der Waals surface area (Å²) in [4.78, 5) is 28.8. The van der Waals surface area contributed by atoms with Crippen LogP contribution in [0.1, 0.15) is 67.4 Å². The van der Waals surface area contributed by atoms with Crippen molar-refractivity contribution in [2.45, 2.75) is 57.5 Å². The number of nitrogens with zero attached hydrogens (tertiary/aromatic N) is 2. The Labute approximate surface area is 150 Å². The van der Waals surface area contributed by atoms with E-state index in [2.05, 4.69) is 13.5 Å². The fourth-order valence-corrected chi connectivity index (χ4v) is 4.20. The molecule has 0 radical (unpaired) electrons. The fraction of sp³-hybridized carbons (Fsp3) is 0.524. The van der Waals surface area contributed by atoms with Gasteiger partial charge in [-0.15, -0.1) is 0 Å². The minimum atomic E-state index is -0.0123. The lowest BCUT2D eigenvalue weighted by molar-refractivity contribution is -0.126. The third-order valence-electron chi connectivity index (χ3n) is 5.61. The van der Waals surface area contributed by atoms with Crippen LogP contribution in [0.5, 0.6) is 0 Å². The van der Waals surface area contributed by atoms with Crippen molar-refractivity contribution in [3.63, 3.8) is 0 Å². The maximum atomic E-state index is 12.9. The molecule has 1 aromatic rings. The Morgan fingerprint density at radius 3 is 2.48 bits per heavy atom. The van der Waals surface area contributed by atoms with Gasteiger partial charge in [0.1, 0.15) is 0 Å². The Hall–Kier alpha value is -2.10. The quantitative estimate of drug-likeness (QED) is 0.779. The van der Waals surface area contributed by atoms with Crippen molar-refractivity contribution < 1.29 is 9.59 Å². The highest BCUT2D eigenvalue weighted by molar-refractivity contribution is 5.94. The number of carbonyl (C=O) groups excluding carboxylic acids is 2. The van der Waals surface area contributed by atoms with Crippen molar-refractivity contribution in [1.29, 1.82) is 0 Å². The molecule has 2 aliphatic rings. The molecule has 0 N–H and O–H groups in total. The molecule has 0 aromatic heterocycles. The lowest BCUT2D eigenvalue weighted by Gasteiger charge is -2.35. The zero-order valence-corrected chi connectivity index (χ0v) is 15.1. The van der Waals surface area contributed by atoms with Crippen molar-refractivity contribution in [3.05, 3.63) is 48.0 Å². The minimum absolute atomic E-state index is 0.0123. The number of rotatable bonds is 4. The molecule has 2 fully saturated rings. The lowest BCUT2D eigenvalue weighted by Crippen LogP contribution is -2.43. The number of benzene rings is 1. The van der Waals surface area contributed by atoms with Crippen LogP contribution in [-0.2, 0) is 4.79 Å². The van der Waals surface area contributed by atoms with Gasteiger partial charge >= 0.3 is 0 Å². The SMILES string of the molecule is C=CC(=O)N1CCCC1c1ccc(C(=O)N2CCCCC2CC)cc1. The summed E-state index contributed by atoms with van der Waals surface area (Å²) in [7, 11) is 0. The van der Waals surface area contributed by atoms with E-state index < -0.39 is 0 Å². The van der Waals surface area contributed by atoms with E-state index >= 15 is 0 Å². The zero-order chi connectivity index (χ0) is 17.8. The Balaban J connectivity index is 1.74. The molecule has 25 heavy (non-hydrogen) atoms. The standard InChI is InChI=1S/C21H28N2O2/c1-3-18-8-5-6-14-22(18)21(25)17-12-10-16(11-13-17)19-9-7-15-23(19)20(24)4-2/h4,10-13,18-19H,2-3,5-9,14-15H2,1H3. The van der Waals surface area contributed by atoms with Crippen LogP contribution in [0.25, 0.3) is 0 Å². The van der Waals surface area contributed by atoms with E-state index in [4.69, 9.17) is 0 Å². The van der Waals surface area contributed by atoms with Gasteiger partial charge in [-0.2, -0.15) is 0 Å². The maximum Gasteiger partial charge on any atom is 0.254 e. The van der Waals surface area contributed by atoms with E-state index in [1.807, 2.05) is 34.1 Å². The molecule has 134 valence electrons. The van der Waals surface area contributed by atoms with Crippen LogP contribution in [0, 0.1) is 0 Å². The predicted octanol–water partition coefficient (Wildman–Crippen LogP) is 3.94. The van der Waals surface area contributed by atoms with Gasteiger partial charge in [-0.1, -0.05) is 25.6 Å². The van der Waals surface area contributed by atoms with Crippen LogP contribution in [0.3, 0.4) is 0 Å². The fourth-order valence-electron chi connectivity index (χ4n) is 4.20. The average Bonchev–Trinajstić information content (AvgIpc) is 3.16. The normalized spacial score (nSPS) is 23.6. The van der Waals surface area contributed by atoms with E-state index in [0.717, 1.165) is 56.3 Å². The summed E-state index contributed by atoms with van der Waals surface area (Å²) in [5.74, 6) is 0.130. The third kappa shape index (κ3) is 3.63. The Morgan fingerprint density at radius 2 is 1.80 bits per heavy atom. The van der Waals surface area contributed by atoms with Gasteiger partial charge < -0.3 is 9.80 Å². The molecule has 2 heterocycles. The molecular weight excluding hydrogens is 312 g/mol. The van der Waals surface area contributed by atoms with E-state index in [0.29, 0.717) is 6.04 Å². The van der Waals surface area contributed by atoms with Gasteiger partial charge in [0.25, 0.3) is 5.91 Å². The van der Waals surface area contributed by atoms with Crippen LogP contribution in [0.2, 0.25) is 0 Å². The predicted molar refractivity (Wildman–Crippen MR) is 99.3 cm³/mol. The first-order chi connectivity index (χ1) is 12.2. The maximum absolute atomic E-state index is 12.9. The number of piperidine rings is 1. The smallest absolute Gasteiger partial charge is 0.254 e. The first-order valence-corrected chi connectivity index (χ1v) is 9.49. The molecule has 0 aliphatic carbocycles. The summed E-state index contributed by atoms with van der Waals surface area (Å²) < 4.78 is 0.